The van der Waals surface area contributed by atoms with E-state index in [9.17, 15) is 4.79 Å². The van der Waals surface area contributed by atoms with E-state index in [2.05, 4.69) is 9.88 Å². The molecule has 18 heavy (non-hydrogen) atoms. The van der Waals surface area contributed by atoms with Crippen molar-refractivity contribution in [3.8, 4) is 5.75 Å². The molecule has 1 N–H and O–H groups in total. The van der Waals surface area contributed by atoms with Crippen LogP contribution in [0, 0.1) is 0 Å². The number of piperazine rings is 1. The van der Waals surface area contributed by atoms with Crippen LogP contribution >= 0.6 is 0 Å². The Balaban J connectivity index is 1.79. The molecule has 0 radical (unpaired) electrons. The van der Waals surface area contributed by atoms with Crippen molar-refractivity contribution < 1.29 is 14.6 Å². The number of anilines is 1. The summed E-state index contributed by atoms with van der Waals surface area (Å²) in [7, 11) is 1.61. The Morgan fingerprint density at radius 2 is 2.28 bits per heavy atom. The number of rotatable bonds is 2. The summed E-state index contributed by atoms with van der Waals surface area (Å²) < 4.78 is 5.16. The predicted octanol–water partition coefficient (Wildman–Crippen LogP) is 1.03. The van der Waals surface area contributed by atoms with Crippen LogP contribution in [-0.2, 0) is 0 Å². The molecule has 96 valence electrons. The Hall–Kier alpha value is -1.98. The highest BCUT2D eigenvalue weighted by molar-refractivity contribution is 5.67. The lowest BCUT2D eigenvalue weighted by Crippen LogP contribution is -2.48. The number of hydrogen-bond acceptors (Lipinski definition) is 4. The van der Waals surface area contributed by atoms with E-state index in [-0.39, 0.29) is 12.1 Å². The Morgan fingerprint density at radius 1 is 1.44 bits per heavy atom. The third-order valence-corrected chi connectivity index (χ3v) is 3.75. The smallest absolute Gasteiger partial charge is 0.407 e. The standard InChI is InChI=1S/C12H15N3O3/c1-18-11-3-8(4-13-5-11)14-6-10-2-9(14)7-15(10)12(16)17/h3-5,9-10H,2,6-7H2,1H3,(H,16,17)/t9-,10-/m0/s1. The first-order valence-electron chi connectivity index (χ1n) is 5.94. The van der Waals surface area contributed by atoms with E-state index in [1.54, 1.807) is 19.5 Å². The van der Waals surface area contributed by atoms with Gasteiger partial charge in [0.05, 0.1) is 31.2 Å². The van der Waals surface area contributed by atoms with Crippen LogP contribution in [0.1, 0.15) is 6.42 Å². The quantitative estimate of drug-likeness (QED) is 0.848. The molecule has 2 atom stereocenters. The zero-order valence-corrected chi connectivity index (χ0v) is 10.1. The van der Waals surface area contributed by atoms with E-state index in [1.807, 2.05) is 6.07 Å². The third-order valence-electron chi connectivity index (χ3n) is 3.75. The Kier molecular flexibility index (Phi) is 2.50. The normalized spacial score (nSPS) is 25.6. The van der Waals surface area contributed by atoms with Gasteiger partial charge in [-0.25, -0.2) is 4.79 Å². The van der Waals surface area contributed by atoms with Crippen molar-refractivity contribution in [3.05, 3.63) is 18.5 Å². The summed E-state index contributed by atoms with van der Waals surface area (Å²) in [5.41, 5.74) is 1.01. The van der Waals surface area contributed by atoms with Gasteiger partial charge in [-0.15, -0.1) is 0 Å². The summed E-state index contributed by atoms with van der Waals surface area (Å²) in [6, 6.07) is 2.32. The average molecular weight is 249 g/mol. The molecule has 1 aromatic heterocycles. The van der Waals surface area contributed by atoms with Crippen molar-refractivity contribution in [1.29, 1.82) is 0 Å². The molecule has 0 unspecified atom stereocenters. The van der Waals surface area contributed by atoms with Gasteiger partial charge in [-0.1, -0.05) is 0 Å². The molecule has 0 aliphatic carbocycles. The number of pyridine rings is 1. The van der Waals surface area contributed by atoms with Crippen LogP contribution in [0.2, 0.25) is 0 Å². The van der Waals surface area contributed by atoms with Crippen LogP contribution in [0.3, 0.4) is 0 Å². The summed E-state index contributed by atoms with van der Waals surface area (Å²) in [5.74, 6) is 0.727. The number of amides is 1. The minimum Gasteiger partial charge on any atom is -0.495 e. The molecule has 0 saturated carbocycles. The Bertz CT molecular complexity index is 479. The van der Waals surface area contributed by atoms with Gasteiger partial charge in [0.1, 0.15) is 5.75 Å². The van der Waals surface area contributed by atoms with Crippen molar-refractivity contribution in [1.82, 2.24) is 9.88 Å². The molecule has 0 spiro atoms. The Morgan fingerprint density at radius 3 is 2.89 bits per heavy atom. The third kappa shape index (κ3) is 1.64. The fourth-order valence-electron chi connectivity index (χ4n) is 2.89. The molecule has 2 aliphatic heterocycles. The number of likely N-dealkylation sites (tertiary alicyclic amines) is 1. The van der Waals surface area contributed by atoms with Gasteiger partial charge in [0.15, 0.2) is 0 Å². The molecule has 2 saturated heterocycles. The number of aromatic nitrogens is 1. The van der Waals surface area contributed by atoms with Crippen molar-refractivity contribution >= 4 is 11.8 Å². The minimum absolute atomic E-state index is 0.110. The van der Waals surface area contributed by atoms with Gasteiger partial charge < -0.3 is 19.6 Å². The first-order chi connectivity index (χ1) is 8.69. The number of nitrogens with zero attached hydrogens (tertiary/aromatic N) is 3. The number of methoxy groups -OCH3 is 1. The van der Waals surface area contributed by atoms with E-state index < -0.39 is 6.09 Å². The maximum Gasteiger partial charge on any atom is 0.407 e. The van der Waals surface area contributed by atoms with E-state index in [4.69, 9.17) is 9.84 Å². The molecule has 6 nitrogen and oxygen atoms in total. The molecule has 6 heteroatoms. The molecule has 3 heterocycles. The second-order valence-corrected chi connectivity index (χ2v) is 4.71. The zero-order chi connectivity index (χ0) is 12.7. The molecule has 3 rings (SSSR count). The number of fused-ring (bicyclic) bond motifs is 2. The lowest BCUT2D eigenvalue weighted by atomic mass is 10.2. The fraction of sp³-hybridized carbons (Fsp3) is 0.500. The lowest BCUT2D eigenvalue weighted by Gasteiger charge is -2.34. The van der Waals surface area contributed by atoms with Gasteiger partial charge >= 0.3 is 6.09 Å². The SMILES string of the molecule is COc1cncc(N2C[C@@H]3C[C@H]2CN3C(=O)O)c1. The molecular formula is C12H15N3O3. The van der Waals surface area contributed by atoms with E-state index >= 15 is 0 Å². The van der Waals surface area contributed by atoms with Crippen LogP contribution < -0.4 is 9.64 Å². The molecule has 2 fully saturated rings. The average Bonchev–Trinajstić information content (AvgIpc) is 2.98. The predicted molar refractivity (Wildman–Crippen MR) is 65.1 cm³/mol. The van der Waals surface area contributed by atoms with Crippen LogP contribution in [0.15, 0.2) is 18.5 Å². The second-order valence-electron chi connectivity index (χ2n) is 4.71. The highest BCUT2D eigenvalue weighted by Crippen LogP contribution is 2.35. The highest BCUT2D eigenvalue weighted by Gasteiger charge is 2.45. The first-order valence-corrected chi connectivity index (χ1v) is 5.94. The maximum absolute atomic E-state index is 11.0. The van der Waals surface area contributed by atoms with Gasteiger partial charge in [0, 0.05) is 25.2 Å². The second kappa shape index (κ2) is 4.04. The van der Waals surface area contributed by atoms with Crippen molar-refractivity contribution in [2.75, 3.05) is 25.1 Å². The molecular weight excluding hydrogens is 234 g/mol. The van der Waals surface area contributed by atoms with Crippen LogP contribution in [0.5, 0.6) is 5.75 Å². The summed E-state index contributed by atoms with van der Waals surface area (Å²) in [6.45, 7) is 1.32. The first kappa shape index (κ1) is 11.1. The number of ether oxygens (including phenoxy) is 1. The van der Waals surface area contributed by atoms with Crippen molar-refractivity contribution in [2.45, 2.75) is 18.5 Å². The van der Waals surface area contributed by atoms with Gasteiger partial charge in [-0.3, -0.25) is 4.98 Å². The summed E-state index contributed by atoms with van der Waals surface area (Å²) in [4.78, 5) is 18.9. The molecule has 1 aromatic rings. The fourth-order valence-corrected chi connectivity index (χ4v) is 2.89. The number of carbonyl (C=O) groups is 1. The molecule has 1 amide bonds. The molecule has 2 bridgehead atoms. The zero-order valence-electron chi connectivity index (χ0n) is 10.1. The highest BCUT2D eigenvalue weighted by atomic mass is 16.5. The summed E-state index contributed by atoms with van der Waals surface area (Å²) in [5, 5.41) is 9.05. The number of carboxylic acid groups (broad SMARTS) is 1. The summed E-state index contributed by atoms with van der Waals surface area (Å²) >= 11 is 0. The van der Waals surface area contributed by atoms with Gasteiger partial charge in [0.25, 0.3) is 0 Å². The van der Waals surface area contributed by atoms with Gasteiger partial charge in [-0.05, 0) is 6.42 Å². The topological polar surface area (TPSA) is 65.9 Å². The van der Waals surface area contributed by atoms with Gasteiger partial charge in [0.2, 0.25) is 0 Å². The lowest BCUT2D eigenvalue weighted by molar-refractivity contribution is 0.137. The molecule has 0 aromatic carbocycles. The molecule has 2 aliphatic rings. The monoisotopic (exact) mass is 249 g/mol. The van der Waals surface area contributed by atoms with Crippen LogP contribution in [0.4, 0.5) is 10.5 Å². The maximum atomic E-state index is 11.0. The Labute approximate surface area is 105 Å². The van der Waals surface area contributed by atoms with Crippen LogP contribution in [0.25, 0.3) is 0 Å². The van der Waals surface area contributed by atoms with Gasteiger partial charge in [-0.2, -0.15) is 0 Å². The van der Waals surface area contributed by atoms with E-state index in [0.717, 1.165) is 24.4 Å². The van der Waals surface area contributed by atoms with Crippen molar-refractivity contribution in [2.24, 2.45) is 0 Å². The van der Waals surface area contributed by atoms with Crippen molar-refractivity contribution in [3.63, 3.8) is 0 Å². The van der Waals surface area contributed by atoms with E-state index in [1.165, 1.54) is 4.90 Å². The van der Waals surface area contributed by atoms with E-state index in [0.29, 0.717) is 6.54 Å². The van der Waals surface area contributed by atoms with Crippen LogP contribution in [-0.4, -0.2) is 53.4 Å². The number of hydrogen-bond donors (Lipinski definition) is 1. The largest absolute Gasteiger partial charge is 0.495 e. The minimum atomic E-state index is -0.814. The summed E-state index contributed by atoms with van der Waals surface area (Å²) in [6.07, 6.45) is 3.56.